The van der Waals surface area contributed by atoms with Gasteiger partial charge in [0.05, 0.1) is 11.1 Å². The van der Waals surface area contributed by atoms with Crippen molar-refractivity contribution in [2.75, 3.05) is 6.61 Å². The minimum absolute atomic E-state index is 0.0748. The lowest BCUT2D eigenvalue weighted by atomic mass is 9.96. The van der Waals surface area contributed by atoms with Crippen molar-refractivity contribution in [2.45, 2.75) is 6.04 Å². The maximum absolute atomic E-state index is 12.7. The van der Waals surface area contributed by atoms with Gasteiger partial charge in [-0.3, -0.25) is 9.78 Å². The Labute approximate surface area is 189 Å². The molecular formula is C24H18Cl2N2O3. The second-order valence-corrected chi connectivity index (χ2v) is 7.63. The summed E-state index contributed by atoms with van der Waals surface area (Å²) in [6.07, 6.45) is 1.57. The zero-order valence-electron chi connectivity index (χ0n) is 16.3. The average Bonchev–Trinajstić information content (AvgIpc) is 2.80. The number of aromatic nitrogens is 1. The Morgan fingerprint density at radius 2 is 1.71 bits per heavy atom. The van der Waals surface area contributed by atoms with Gasteiger partial charge in [0.15, 0.2) is 6.61 Å². The van der Waals surface area contributed by atoms with Crippen molar-refractivity contribution in [1.82, 2.24) is 10.3 Å². The molecule has 0 aliphatic carbocycles. The molecule has 0 aliphatic rings. The molecule has 4 rings (SSSR count). The van der Waals surface area contributed by atoms with Crippen LogP contribution in [0.4, 0.5) is 0 Å². The Balaban J connectivity index is 1.71. The van der Waals surface area contributed by atoms with Gasteiger partial charge in [-0.15, -0.1) is 0 Å². The molecule has 3 aromatic carbocycles. The largest absolute Gasteiger partial charge is 0.505 e. The third-order valence-corrected chi connectivity index (χ3v) is 5.45. The van der Waals surface area contributed by atoms with Crippen LogP contribution in [0, 0.1) is 0 Å². The molecule has 7 heteroatoms. The molecule has 0 radical (unpaired) electrons. The van der Waals surface area contributed by atoms with Crippen LogP contribution in [-0.4, -0.2) is 22.6 Å². The molecule has 0 bridgehead atoms. The predicted octanol–water partition coefficient (Wildman–Crippen LogP) is 5.53. The lowest BCUT2D eigenvalue weighted by Gasteiger charge is -2.23. The summed E-state index contributed by atoms with van der Waals surface area (Å²) in [6.45, 7) is -0.203. The molecule has 1 heterocycles. The van der Waals surface area contributed by atoms with Crippen molar-refractivity contribution < 1.29 is 14.6 Å². The summed E-state index contributed by atoms with van der Waals surface area (Å²) in [5.74, 6) is 0.118. The quantitative estimate of drug-likeness (QED) is 0.403. The fourth-order valence-electron chi connectivity index (χ4n) is 3.33. The van der Waals surface area contributed by atoms with Crippen molar-refractivity contribution in [3.8, 4) is 11.5 Å². The van der Waals surface area contributed by atoms with Gasteiger partial charge in [0, 0.05) is 22.2 Å². The fraction of sp³-hybridized carbons (Fsp3) is 0.0833. The second-order valence-electron chi connectivity index (χ2n) is 6.82. The van der Waals surface area contributed by atoms with Crippen LogP contribution in [0.5, 0.6) is 11.5 Å². The Bertz CT molecular complexity index is 1230. The first-order valence-corrected chi connectivity index (χ1v) is 10.3. The fourth-order valence-corrected chi connectivity index (χ4v) is 3.84. The summed E-state index contributed by atoms with van der Waals surface area (Å²) in [5.41, 5.74) is 1.34. The van der Waals surface area contributed by atoms with Crippen LogP contribution in [-0.2, 0) is 4.79 Å². The summed E-state index contributed by atoms with van der Waals surface area (Å²) in [6, 6.07) is 20.5. The second kappa shape index (κ2) is 9.25. The highest BCUT2D eigenvalue weighted by molar-refractivity contribution is 6.35. The smallest absolute Gasteiger partial charge is 0.258 e. The number of carbonyl (C=O) groups excluding carboxylic acids is 1. The first-order valence-electron chi connectivity index (χ1n) is 9.52. The molecule has 0 fully saturated rings. The lowest BCUT2D eigenvalue weighted by Crippen LogP contribution is -2.33. The van der Waals surface area contributed by atoms with E-state index >= 15 is 0 Å². The van der Waals surface area contributed by atoms with Gasteiger partial charge in [0.2, 0.25) is 0 Å². The van der Waals surface area contributed by atoms with Gasteiger partial charge in [0.25, 0.3) is 5.91 Å². The highest BCUT2D eigenvalue weighted by Gasteiger charge is 2.25. The van der Waals surface area contributed by atoms with Gasteiger partial charge in [-0.25, -0.2) is 0 Å². The molecule has 1 aromatic heterocycles. The molecule has 2 N–H and O–H groups in total. The topological polar surface area (TPSA) is 71.5 Å². The van der Waals surface area contributed by atoms with Crippen molar-refractivity contribution in [3.05, 3.63) is 100 Å². The molecule has 1 atom stereocenters. The number of aromatic hydroxyl groups is 1. The number of hydrogen-bond acceptors (Lipinski definition) is 4. The Hall–Kier alpha value is -3.28. The van der Waals surface area contributed by atoms with Crippen molar-refractivity contribution in [3.63, 3.8) is 0 Å². The lowest BCUT2D eigenvalue weighted by molar-refractivity contribution is -0.123. The molecule has 156 valence electrons. The zero-order valence-corrected chi connectivity index (χ0v) is 17.8. The van der Waals surface area contributed by atoms with Crippen molar-refractivity contribution in [1.29, 1.82) is 0 Å². The molecule has 1 amide bonds. The summed E-state index contributed by atoms with van der Waals surface area (Å²) in [5, 5.41) is 15.3. The van der Waals surface area contributed by atoms with Crippen LogP contribution >= 0.6 is 23.2 Å². The van der Waals surface area contributed by atoms with E-state index in [4.69, 9.17) is 27.9 Å². The van der Waals surface area contributed by atoms with E-state index in [9.17, 15) is 9.90 Å². The molecule has 0 saturated heterocycles. The maximum Gasteiger partial charge on any atom is 0.258 e. The summed E-state index contributed by atoms with van der Waals surface area (Å²) >= 11 is 12.9. The van der Waals surface area contributed by atoms with E-state index in [0.717, 1.165) is 0 Å². The van der Waals surface area contributed by atoms with Gasteiger partial charge in [0.1, 0.15) is 17.0 Å². The number of ether oxygens (including phenoxy) is 1. The molecule has 0 spiro atoms. The van der Waals surface area contributed by atoms with Crippen LogP contribution in [0.1, 0.15) is 17.2 Å². The zero-order chi connectivity index (χ0) is 21.8. The number of carbonyl (C=O) groups is 1. The standard InChI is InChI=1S/C24H18Cl2N2O3/c25-19-11-5-4-9-16(19)22(28-21(29)14-31-15-7-2-1-3-8-15)18-13-20(26)17-10-6-12-27-23(17)24(18)30/h1-13,22,30H,14H2,(H,28,29)/t22-/m1/s1. The Morgan fingerprint density at radius 3 is 2.48 bits per heavy atom. The van der Waals surface area contributed by atoms with E-state index in [1.54, 1.807) is 60.8 Å². The van der Waals surface area contributed by atoms with Gasteiger partial charge >= 0.3 is 0 Å². The van der Waals surface area contributed by atoms with E-state index in [2.05, 4.69) is 10.3 Å². The maximum atomic E-state index is 12.7. The predicted molar refractivity (Wildman–Crippen MR) is 122 cm³/mol. The minimum atomic E-state index is -0.760. The SMILES string of the molecule is O=C(COc1ccccc1)N[C@H](c1ccccc1Cl)c1cc(Cl)c2cccnc2c1O. The van der Waals surface area contributed by atoms with E-state index < -0.39 is 6.04 Å². The normalized spacial score (nSPS) is 11.8. The number of nitrogens with one attached hydrogen (secondary N) is 1. The van der Waals surface area contributed by atoms with Gasteiger partial charge in [-0.1, -0.05) is 59.6 Å². The average molecular weight is 453 g/mol. The summed E-state index contributed by atoms with van der Waals surface area (Å²) in [7, 11) is 0. The monoisotopic (exact) mass is 452 g/mol. The number of nitrogens with zero attached hydrogens (tertiary/aromatic N) is 1. The van der Waals surface area contributed by atoms with E-state index in [0.29, 0.717) is 37.8 Å². The van der Waals surface area contributed by atoms with Crippen LogP contribution < -0.4 is 10.1 Å². The number of pyridine rings is 1. The van der Waals surface area contributed by atoms with Crippen LogP contribution in [0.25, 0.3) is 10.9 Å². The third kappa shape index (κ3) is 4.58. The molecule has 5 nitrogen and oxygen atoms in total. The number of hydrogen-bond donors (Lipinski definition) is 2. The number of para-hydroxylation sites is 1. The summed E-state index contributed by atoms with van der Waals surface area (Å²) in [4.78, 5) is 17.0. The number of fused-ring (bicyclic) bond motifs is 1. The van der Waals surface area contributed by atoms with Gasteiger partial charge < -0.3 is 15.2 Å². The molecule has 31 heavy (non-hydrogen) atoms. The van der Waals surface area contributed by atoms with Crippen LogP contribution in [0.3, 0.4) is 0 Å². The van der Waals surface area contributed by atoms with Gasteiger partial charge in [-0.05, 0) is 42.0 Å². The highest BCUT2D eigenvalue weighted by Crippen LogP contribution is 2.39. The van der Waals surface area contributed by atoms with Crippen LogP contribution in [0.2, 0.25) is 10.0 Å². The number of amides is 1. The minimum Gasteiger partial charge on any atom is -0.505 e. The molecular weight excluding hydrogens is 435 g/mol. The number of rotatable bonds is 6. The first-order chi connectivity index (χ1) is 15.0. The van der Waals surface area contributed by atoms with Crippen molar-refractivity contribution in [2.24, 2.45) is 0 Å². The third-order valence-electron chi connectivity index (χ3n) is 4.79. The molecule has 0 saturated carbocycles. The number of halogens is 2. The Kier molecular flexibility index (Phi) is 6.26. The van der Waals surface area contributed by atoms with Crippen LogP contribution in [0.15, 0.2) is 79.0 Å². The Morgan fingerprint density at radius 1 is 0.968 bits per heavy atom. The number of phenolic OH excluding ortho intramolecular Hbond substituents is 1. The van der Waals surface area contributed by atoms with E-state index in [1.165, 1.54) is 0 Å². The van der Waals surface area contributed by atoms with E-state index in [-0.39, 0.29) is 18.3 Å². The highest BCUT2D eigenvalue weighted by atomic mass is 35.5. The molecule has 4 aromatic rings. The van der Waals surface area contributed by atoms with Gasteiger partial charge in [-0.2, -0.15) is 0 Å². The van der Waals surface area contributed by atoms with Crippen molar-refractivity contribution >= 4 is 40.0 Å². The number of benzene rings is 3. The molecule has 0 unspecified atom stereocenters. The molecule has 0 aliphatic heterocycles. The van der Waals surface area contributed by atoms with E-state index in [1.807, 2.05) is 18.2 Å². The first kappa shape index (κ1) is 21.0. The summed E-state index contributed by atoms with van der Waals surface area (Å²) < 4.78 is 5.55. The number of phenols is 1.